The Morgan fingerprint density at radius 3 is 1.81 bits per heavy atom. The Bertz CT molecular complexity index is 1450. The van der Waals surface area contributed by atoms with Crippen LogP contribution in [0.15, 0.2) is 101 Å². The fourth-order valence-electron chi connectivity index (χ4n) is 3.88. The lowest BCUT2D eigenvalue weighted by atomic mass is 9.82. The Morgan fingerprint density at radius 2 is 1.22 bits per heavy atom. The predicted octanol–water partition coefficient (Wildman–Crippen LogP) is 6.64. The van der Waals surface area contributed by atoms with Crippen LogP contribution in [0.5, 0.6) is 0 Å². The highest BCUT2D eigenvalue weighted by molar-refractivity contribution is 6.47. The van der Waals surface area contributed by atoms with Crippen LogP contribution >= 0.6 is 0 Å². The quantitative estimate of drug-likeness (QED) is 0.269. The monoisotopic (exact) mass is 474 g/mol. The van der Waals surface area contributed by atoms with E-state index < -0.39 is 11.2 Å². The summed E-state index contributed by atoms with van der Waals surface area (Å²) in [5.41, 5.74) is 6.41. The first kappa shape index (κ1) is 24.0. The first-order valence-electron chi connectivity index (χ1n) is 12.1. The average molecular weight is 474 g/mol. The van der Waals surface area contributed by atoms with Crippen LogP contribution in [0.25, 0.3) is 44.8 Å². The molecule has 1 N–H and O–H groups in total. The molecule has 0 unspecified atom stereocenters. The molecule has 0 saturated carbocycles. The normalized spacial score (nSPS) is 12.1. The van der Waals surface area contributed by atoms with Gasteiger partial charge in [-0.15, -0.1) is 0 Å². The Hall–Kier alpha value is -3.67. The molecule has 4 aromatic carbocycles. The van der Waals surface area contributed by atoms with Gasteiger partial charge in [-0.3, -0.25) is 0 Å². The minimum absolute atomic E-state index is 0.623. The number of para-hydroxylation sites is 2. The maximum absolute atomic E-state index is 10.3. The van der Waals surface area contributed by atoms with E-state index in [1.54, 1.807) is 21.3 Å². The summed E-state index contributed by atoms with van der Waals surface area (Å²) in [5.74, 6) is 0.623. The summed E-state index contributed by atoms with van der Waals surface area (Å²) in [5, 5.41) is 10.3. The predicted molar refractivity (Wildman–Crippen MR) is 147 cm³/mol. The maximum atomic E-state index is 10.3. The number of hydrogen-bond acceptors (Lipinski definition) is 4. The third-order valence-corrected chi connectivity index (χ3v) is 6.85. The zero-order chi connectivity index (χ0) is 25.3. The number of aromatic nitrogens is 1. The van der Waals surface area contributed by atoms with Crippen molar-refractivity contribution in [3.63, 3.8) is 0 Å². The summed E-state index contributed by atoms with van der Waals surface area (Å²) in [4.78, 5) is 4.61. The fourth-order valence-corrected chi connectivity index (χ4v) is 3.88. The molecule has 4 nitrogen and oxygen atoms in total. The molecule has 5 aromatic rings. The Kier molecular flexibility index (Phi) is 6.29. The van der Waals surface area contributed by atoms with Gasteiger partial charge >= 0.3 is 7.48 Å². The molecule has 0 spiro atoms. The lowest BCUT2D eigenvalue weighted by molar-refractivity contribution is -0.0893. The van der Waals surface area contributed by atoms with Gasteiger partial charge in [0.15, 0.2) is 5.58 Å². The SMILES string of the molecule is CC(C)(O)C(C)(C)O[B]c1ccc(-c2ccccc2-c2ccc(-c3nc4ccccc4o3)cc2)cc1. The van der Waals surface area contributed by atoms with Crippen molar-refractivity contribution >= 4 is 24.0 Å². The third kappa shape index (κ3) is 4.85. The number of benzene rings is 4. The molecule has 0 aliphatic heterocycles. The number of oxazole rings is 1. The van der Waals surface area contributed by atoms with Gasteiger partial charge in [0, 0.05) is 5.56 Å². The second kappa shape index (κ2) is 9.42. The molecule has 1 radical (unpaired) electrons. The molecule has 0 saturated heterocycles. The van der Waals surface area contributed by atoms with Crippen LogP contribution in [0.1, 0.15) is 27.7 Å². The van der Waals surface area contributed by atoms with Gasteiger partial charge in [-0.2, -0.15) is 0 Å². The molecule has 0 fully saturated rings. The third-order valence-electron chi connectivity index (χ3n) is 6.85. The average Bonchev–Trinajstić information content (AvgIpc) is 3.32. The summed E-state index contributed by atoms with van der Waals surface area (Å²) in [6.45, 7) is 7.26. The van der Waals surface area contributed by atoms with Crippen molar-refractivity contribution in [3.05, 3.63) is 97.1 Å². The van der Waals surface area contributed by atoms with E-state index in [-0.39, 0.29) is 0 Å². The largest absolute Gasteiger partial charge is 0.436 e. The number of hydrogen-bond donors (Lipinski definition) is 1. The number of rotatable bonds is 7. The summed E-state index contributed by atoms with van der Waals surface area (Å²) in [7, 11) is 1.71. The van der Waals surface area contributed by atoms with Crippen LogP contribution in [0.2, 0.25) is 0 Å². The van der Waals surface area contributed by atoms with Gasteiger partial charge in [0.25, 0.3) is 0 Å². The maximum Gasteiger partial charge on any atom is 0.330 e. The highest BCUT2D eigenvalue weighted by atomic mass is 16.5. The van der Waals surface area contributed by atoms with Crippen molar-refractivity contribution < 1.29 is 14.2 Å². The second-order valence-corrected chi connectivity index (χ2v) is 10.0. The Morgan fingerprint density at radius 1 is 0.694 bits per heavy atom. The minimum atomic E-state index is -0.960. The van der Waals surface area contributed by atoms with Crippen LogP contribution in [0.3, 0.4) is 0 Å². The van der Waals surface area contributed by atoms with E-state index in [1.165, 1.54) is 0 Å². The minimum Gasteiger partial charge on any atom is -0.436 e. The summed E-state index contributed by atoms with van der Waals surface area (Å²) < 4.78 is 11.8. The molecular formula is C31H29BNO3. The molecule has 179 valence electrons. The fraction of sp³-hybridized carbons (Fsp3) is 0.194. The molecule has 5 rings (SSSR count). The molecule has 1 aromatic heterocycles. The van der Waals surface area contributed by atoms with E-state index >= 15 is 0 Å². The van der Waals surface area contributed by atoms with E-state index in [0.717, 1.165) is 44.4 Å². The van der Waals surface area contributed by atoms with Crippen molar-refractivity contribution in [2.45, 2.75) is 38.9 Å². The van der Waals surface area contributed by atoms with Crippen LogP contribution in [-0.4, -0.2) is 28.8 Å². The zero-order valence-electron chi connectivity index (χ0n) is 21.0. The molecule has 0 aliphatic carbocycles. The van der Waals surface area contributed by atoms with Crippen molar-refractivity contribution in [1.29, 1.82) is 0 Å². The lowest BCUT2D eigenvalue weighted by Gasteiger charge is -2.37. The highest BCUT2D eigenvalue weighted by Gasteiger charge is 2.35. The van der Waals surface area contributed by atoms with E-state index in [2.05, 4.69) is 65.6 Å². The molecule has 36 heavy (non-hydrogen) atoms. The highest BCUT2D eigenvalue weighted by Crippen LogP contribution is 2.33. The van der Waals surface area contributed by atoms with Crippen LogP contribution < -0.4 is 5.46 Å². The lowest BCUT2D eigenvalue weighted by Crippen LogP contribution is -2.49. The van der Waals surface area contributed by atoms with Gasteiger partial charge in [0.05, 0.1) is 11.2 Å². The molecule has 1 heterocycles. The van der Waals surface area contributed by atoms with Crippen molar-refractivity contribution in [1.82, 2.24) is 4.98 Å². The van der Waals surface area contributed by atoms with Gasteiger partial charge in [-0.1, -0.05) is 78.3 Å². The molecule has 0 aliphatic rings. The second-order valence-electron chi connectivity index (χ2n) is 10.0. The molecule has 0 atom stereocenters. The zero-order valence-corrected chi connectivity index (χ0v) is 21.0. The van der Waals surface area contributed by atoms with Crippen molar-refractivity contribution in [2.24, 2.45) is 0 Å². The van der Waals surface area contributed by atoms with Gasteiger partial charge < -0.3 is 14.2 Å². The molecule has 0 amide bonds. The van der Waals surface area contributed by atoms with Gasteiger partial charge in [0.2, 0.25) is 5.89 Å². The summed E-state index contributed by atoms with van der Waals surface area (Å²) >= 11 is 0. The van der Waals surface area contributed by atoms with Gasteiger partial charge in [-0.25, -0.2) is 4.98 Å². The smallest absolute Gasteiger partial charge is 0.330 e. The van der Waals surface area contributed by atoms with Crippen LogP contribution in [0, 0.1) is 0 Å². The van der Waals surface area contributed by atoms with E-state index in [4.69, 9.17) is 9.07 Å². The van der Waals surface area contributed by atoms with Crippen molar-refractivity contribution in [3.8, 4) is 33.7 Å². The first-order valence-corrected chi connectivity index (χ1v) is 12.1. The van der Waals surface area contributed by atoms with E-state index in [9.17, 15) is 5.11 Å². The summed E-state index contributed by atoms with van der Waals surface area (Å²) in [6, 6.07) is 32.8. The number of aliphatic hydroxyl groups is 1. The molecule has 5 heteroatoms. The first-order chi connectivity index (χ1) is 17.2. The number of nitrogens with zero attached hydrogens (tertiary/aromatic N) is 1. The Balaban J connectivity index is 1.37. The van der Waals surface area contributed by atoms with Crippen molar-refractivity contribution in [2.75, 3.05) is 0 Å². The van der Waals surface area contributed by atoms with Crippen LogP contribution in [0.4, 0.5) is 0 Å². The number of fused-ring (bicyclic) bond motifs is 1. The Labute approximate surface area is 212 Å². The van der Waals surface area contributed by atoms with Gasteiger partial charge in [0.1, 0.15) is 5.52 Å². The molecule has 0 bridgehead atoms. The van der Waals surface area contributed by atoms with E-state index in [0.29, 0.717) is 5.89 Å². The topological polar surface area (TPSA) is 55.5 Å². The summed E-state index contributed by atoms with van der Waals surface area (Å²) in [6.07, 6.45) is 0. The standard InChI is InChI=1S/C31H29BNO3/c1-30(2,34)31(3,4)36-32-24-19-17-22(18-20-24)26-10-6-5-9-25(26)21-13-15-23(16-14-21)29-33-27-11-7-8-12-28(27)35-29/h5-20,34H,1-4H3. The van der Waals surface area contributed by atoms with Crippen LogP contribution in [-0.2, 0) is 4.65 Å². The molecular weight excluding hydrogens is 445 g/mol. The van der Waals surface area contributed by atoms with E-state index in [1.807, 2.05) is 50.2 Å². The van der Waals surface area contributed by atoms with Gasteiger partial charge in [-0.05, 0) is 74.2 Å².